The Balaban J connectivity index is 1.86. The quantitative estimate of drug-likeness (QED) is 0.618. The lowest BCUT2D eigenvalue weighted by Crippen LogP contribution is -2.31. The van der Waals surface area contributed by atoms with Gasteiger partial charge in [0.05, 0.1) is 12.7 Å². The van der Waals surface area contributed by atoms with Crippen LogP contribution in [0.4, 0.5) is 0 Å². The Labute approximate surface area is 93.9 Å². The van der Waals surface area contributed by atoms with Gasteiger partial charge in [0.25, 0.3) is 0 Å². The summed E-state index contributed by atoms with van der Waals surface area (Å²) in [5.74, 6) is 0.658. The van der Waals surface area contributed by atoms with Crippen molar-refractivity contribution in [2.45, 2.75) is 64.8 Å². The first-order valence-electron chi connectivity index (χ1n) is 6.34. The van der Waals surface area contributed by atoms with Crippen molar-refractivity contribution in [2.24, 2.45) is 5.41 Å². The smallest absolute Gasteiger partial charge is 0.408 e. The summed E-state index contributed by atoms with van der Waals surface area (Å²) in [5.41, 5.74) is 0.212. The fourth-order valence-corrected chi connectivity index (χ4v) is 2.53. The molecule has 1 aliphatic carbocycles. The van der Waals surface area contributed by atoms with Crippen LogP contribution in [0.1, 0.15) is 52.9 Å². The van der Waals surface area contributed by atoms with Gasteiger partial charge in [0.1, 0.15) is 0 Å². The highest BCUT2D eigenvalue weighted by molar-refractivity contribution is 6.47. The molecule has 1 aliphatic heterocycles. The SMILES string of the molecule is CC(C)(C)C1COB(C2CCCCC2)O1. The Morgan fingerprint density at radius 1 is 1.07 bits per heavy atom. The highest BCUT2D eigenvalue weighted by Crippen LogP contribution is 2.37. The monoisotopic (exact) mass is 210 g/mol. The van der Waals surface area contributed by atoms with Crippen molar-refractivity contribution in [3.63, 3.8) is 0 Å². The average Bonchev–Trinajstić information content (AvgIpc) is 2.67. The fraction of sp³-hybridized carbons (Fsp3) is 1.00. The number of rotatable bonds is 1. The van der Waals surface area contributed by atoms with E-state index in [4.69, 9.17) is 9.31 Å². The third-order valence-corrected chi connectivity index (χ3v) is 3.71. The van der Waals surface area contributed by atoms with Crippen molar-refractivity contribution in [1.82, 2.24) is 0 Å². The normalized spacial score (nSPS) is 29.8. The molecule has 0 spiro atoms. The summed E-state index contributed by atoms with van der Waals surface area (Å²) in [5, 5.41) is 0. The summed E-state index contributed by atoms with van der Waals surface area (Å²) >= 11 is 0. The third-order valence-electron chi connectivity index (χ3n) is 3.71. The van der Waals surface area contributed by atoms with Crippen LogP contribution >= 0.6 is 0 Å². The van der Waals surface area contributed by atoms with Gasteiger partial charge in [0.15, 0.2) is 0 Å². The van der Waals surface area contributed by atoms with E-state index in [1.54, 1.807) is 0 Å². The maximum Gasteiger partial charge on any atom is 0.460 e. The Hall–Kier alpha value is -0.0151. The molecule has 0 N–H and O–H groups in total. The predicted octanol–water partition coefficient (Wildman–Crippen LogP) is 3.27. The molecular formula is C12H23BO2. The van der Waals surface area contributed by atoms with Gasteiger partial charge in [-0.05, 0) is 11.2 Å². The van der Waals surface area contributed by atoms with Crippen LogP contribution in [-0.4, -0.2) is 19.8 Å². The van der Waals surface area contributed by atoms with Crippen LogP contribution in [0.15, 0.2) is 0 Å². The van der Waals surface area contributed by atoms with Gasteiger partial charge in [-0.3, -0.25) is 0 Å². The molecule has 0 amide bonds. The summed E-state index contributed by atoms with van der Waals surface area (Å²) in [4.78, 5) is 0. The van der Waals surface area contributed by atoms with Crippen LogP contribution in [0.25, 0.3) is 0 Å². The minimum absolute atomic E-state index is 0.0922. The zero-order valence-corrected chi connectivity index (χ0v) is 10.3. The molecule has 0 bridgehead atoms. The Morgan fingerprint density at radius 3 is 2.27 bits per heavy atom. The van der Waals surface area contributed by atoms with E-state index in [1.165, 1.54) is 32.1 Å². The lowest BCUT2D eigenvalue weighted by atomic mass is 9.64. The van der Waals surface area contributed by atoms with Gasteiger partial charge >= 0.3 is 7.12 Å². The molecule has 0 aromatic rings. The van der Waals surface area contributed by atoms with E-state index < -0.39 is 0 Å². The molecule has 86 valence electrons. The van der Waals surface area contributed by atoms with Gasteiger partial charge in [-0.25, -0.2) is 0 Å². The van der Waals surface area contributed by atoms with E-state index in [0.717, 1.165) is 6.61 Å². The highest BCUT2D eigenvalue weighted by Gasteiger charge is 2.42. The van der Waals surface area contributed by atoms with E-state index in [2.05, 4.69) is 20.8 Å². The second-order valence-corrected chi connectivity index (χ2v) is 6.09. The standard InChI is InChI=1S/C12H23BO2/c1-12(2,3)11-9-14-13(15-11)10-7-5-4-6-8-10/h10-11H,4-9H2,1-3H3. The molecule has 2 fully saturated rings. The summed E-state index contributed by atoms with van der Waals surface area (Å²) in [6.45, 7) is 7.46. The number of hydrogen-bond donors (Lipinski definition) is 0. The molecule has 0 aromatic heterocycles. The largest absolute Gasteiger partial charge is 0.460 e. The lowest BCUT2D eigenvalue weighted by molar-refractivity contribution is 0.105. The van der Waals surface area contributed by atoms with Crippen molar-refractivity contribution in [3.05, 3.63) is 0 Å². The molecule has 1 saturated heterocycles. The lowest BCUT2D eigenvalue weighted by Gasteiger charge is -2.27. The molecule has 2 rings (SSSR count). The maximum atomic E-state index is 6.04. The van der Waals surface area contributed by atoms with Crippen molar-refractivity contribution in [3.8, 4) is 0 Å². The van der Waals surface area contributed by atoms with Crippen molar-refractivity contribution in [1.29, 1.82) is 0 Å². The second kappa shape index (κ2) is 4.46. The zero-order chi connectivity index (χ0) is 10.9. The molecule has 0 aromatic carbocycles. The summed E-state index contributed by atoms with van der Waals surface area (Å²) in [6.07, 6.45) is 6.97. The van der Waals surface area contributed by atoms with E-state index in [9.17, 15) is 0 Å². The Kier molecular flexibility index (Phi) is 3.41. The van der Waals surface area contributed by atoms with Crippen LogP contribution in [-0.2, 0) is 9.31 Å². The molecule has 15 heavy (non-hydrogen) atoms. The van der Waals surface area contributed by atoms with E-state index in [0.29, 0.717) is 5.82 Å². The second-order valence-electron chi connectivity index (χ2n) is 6.09. The Morgan fingerprint density at radius 2 is 1.73 bits per heavy atom. The molecule has 1 unspecified atom stereocenters. The first-order chi connectivity index (χ1) is 7.07. The molecule has 2 nitrogen and oxygen atoms in total. The first-order valence-corrected chi connectivity index (χ1v) is 6.34. The minimum atomic E-state index is 0.0922. The van der Waals surface area contributed by atoms with E-state index >= 15 is 0 Å². The van der Waals surface area contributed by atoms with Gasteiger partial charge in [-0.1, -0.05) is 52.9 Å². The zero-order valence-electron chi connectivity index (χ0n) is 10.3. The summed E-state index contributed by atoms with van der Waals surface area (Å²) in [7, 11) is 0.0922. The topological polar surface area (TPSA) is 18.5 Å². The molecule has 3 heteroatoms. The van der Waals surface area contributed by atoms with Gasteiger partial charge in [0, 0.05) is 0 Å². The van der Waals surface area contributed by atoms with Crippen molar-refractivity contribution in [2.75, 3.05) is 6.61 Å². The molecule has 2 aliphatic rings. The van der Waals surface area contributed by atoms with Gasteiger partial charge < -0.3 is 9.31 Å². The van der Waals surface area contributed by atoms with E-state index in [1.807, 2.05) is 0 Å². The van der Waals surface area contributed by atoms with Crippen LogP contribution in [0.3, 0.4) is 0 Å². The van der Waals surface area contributed by atoms with Crippen LogP contribution in [0.5, 0.6) is 0 Å². The minimum Gasteiger partial charge on any atom is -0.408 e. The van der Waals surface area contributed by atoms with E-state index in [-0.39, 0.29) is 18.6 Å². The van der Waals surface area contributed by atoms with Crippen LogP contribution in [0.2, 0.25) is 5.82 Å². The van der Waals surface area contributed by atoms with Crippen LogP contribution in [0, 0.1) is 5.41 Å². The molecule has 1 saturated carbocycles. The summed E-state index contributed by atoms with van der Waals surface area (Å²) in [6, 6.07) is 0. The molecule has 1 atom stereocenters. The molecule has 0 radical (unpaired) electrons. The first kappa shape index (κ1) is 11.5. The van der Waals surface area contributed by atoms with Gasteiger partial charge in [-0.15, -0.1) is 0 Å². The van der Waals surface area contributed by atoms with Gasteiger partial charge in [0.2, 0.25) is 0 Å². The highest BCUT2D eigenvalue weighted by atomic mass is 16.6. The summed E-state index contributed by atoms with van der Waals surface area (Å²) < 4.78 is 11.9. The average molecular weight is 210 g/mol. The third kappa shape index (κ3) is 2.76. The van der Waals surface area contributed by atoms with Crippen molar-refractivity contribution >= 4 is 7.12 Å². The fourth-order valence-electron chi connectivity index (χ4n) is 2.53. The number of hydrogen-bond acceptors (Lipinski definition) is 2. The Bertz CT molecular complexity index is 206. The van der Waals surface area contributed by atoms with Crippen molar-refractivity contribution < 1.29 is 9.31 Å². The van der Waals surface area contributed by atoms with Crippen LogP contribution < -0.4 is 0 Å². The predicted molar refractivity (Wildman–Crippen MR) is 62.9 cm³/mol. The molecular weight excluding hydrogens is 187 g/mol. The van der Waals surface area contributed by atoms with Gasteiger partial charge in [-0.2, -0.15) is 0 Å². The molecule has 1 heterocycles. The maximum absolute atomic E-state index is 6.04.